The first-order valence-electron chi connectivity index (χ1n) is 8.57. The van der Waals surface area contributed by atoms with Gasteiger partial charge in [-0.2, -0.15) is 13.2 Å². The van der Waals surface area contributed by atoms with Gasteiger partial charge in [0, 0.05) is 17.5 Å². The smallest absolute Gasteiger partial charge is 0.425 e. The summed E-state index contributed by atoms with van der Waals surface area (Å²) in [5.41, 5.74) is -2.84. The van der Waals surface area contributed by atoms with Gasteiger partial charge in [0.05, 0.1) is 6.42 Å². The van der Waals surface area contributed by atoms with Crippen molar-refractivity contribution < 1.29 is 35.9 Å². The lowest BCUT2D eigenvalue weighted by molar-refractivity contribution is -0.209. The van der Waals surface area contributed by atoms with E-state index in [0.717, 1.165) is 18.2 Å². The molecule has 0 aromatic heterocycles. The van der Waals surface area contributed by atoms with Crippen molar-refractivity contribution in [2.75, 3.05) is 6.67 Å². The molecule has 1 heterocycles. The topological polar surface area (TPSA) is 38.7 Å². The molecule has 0 amide bonds. The van der Waals surface area contributed by atoms with E-state index >= 15 is 0 Å². The van der Waals surface area contributed by atoms with Crippen LogP contribution in [0.5, 0.6) is 0 Å². The summed E-state index contributed by atoms with van der Waals surface area (Å²) >= 11 is 0. The summed E-state index contributed by atoms with van der Waals surface area (Å²) in [6, 6.07) is 10.4. The Morgan fingerprint density at radius 3 is 2.41 bits per heavy atom. The second kappa shape index (κ2) is 7.88. The SMILES string of the molecule is O=C(CC1=N[C@](CF)(c2cccc(F)c2F)C[C@@H](C(F)(F)F)O1)c1ccccc1. The lowest BCUT2D eigenvalue weighted by Gasteiger charge is -2.37. The number of Topliss-reactive ketones (excluding diaryl/α,β-unsaturated/α-hetero) is 1. The van der Waals surface area contributed by atoms with E-state index in [0.29, 0.717) is 0 Å². The number of alkyl halides is 4. The van der Waals surface area contributed by atoms with Crippen molar-refractivity contribution in [3.63, 3.8) is 0 Å². The molecule has 0 fully saturated rings. The van der Waals surface area contributed by atoms with Gasteiger partial charge in [0.2, 0.25) is 0 Å². The first-order valence-corrected chi connectivity index (χ1v) is 8.57. The fraction of sp³-hybridized carbons (Fsp3) is 0.300. The molecular weight excluding hydrogens is 400 g/mol. The van der Waals surface area contributed by atoms with Crippen molar-refractivity contribution in [2.45, 2.75) is 30.7 Å². The molecule has 2 atom stereocenters. The molecule has 0 aliphatic carbocycles. The van der Waals surface area contributed by atoms with Gasteiger partial charge in [-0.25, -0.2) is 18.2 Å². The number of halogens is 6. The van der Waals surface area contributed by atoms with Crippen LogP contribution in [0.4, 0.5) is 26.3 Å². The number of aliphatic imine (C=N–C) groups is 1. The molecule has 0 saturated carbocycles. The fourth-order valence-corrected chi connectivity index (χ4v) is 3.14. The lowest BCUT2D eigenvalue weighted by atomic mass is 9.84. The van der Waals surface area contributed by atoms with Crippen molar-refractivity contribution >= 4 is 11.7 Å². The standard InChI is InChI=1S/C20H15F6NO2/c21-11-19(13-7-4-8-14(22)18(13)23)10-16(20(24,25)26)29-17(27-19)9-15(28)12-5-2-1-3-6-12/h1-8,16H,9-11H2/t16-,19+/m0/s1. The fourth-order valence-electron chi connectivity index (χ4n) is 3.14. The highest BCUT2D eigenvalue weighted by Gasteiger charge is 2.52. The predicted octanol–water partition coefficient (Wildman–Crippen LogP) is 5.15. The van der Waals surface area contributed by atoms with E-state index in [1.54, 1.807) is 18.2 Å². The molecule has 1 aliphatic rings. The Morgan fingerprint density at radius 2 is 1.79 bits per heavy atom. The summed E-state index contributed by atoms with van der Waals surface area (Å²) < 4.78 is 87.0. The largest absolute Gasteiger partial charge is 0.468 e. The van der Waals surface area contributed by atoms with E-state index in [4.69, 9.17) is 4.74 Å². The maximum atomic E-state index is 14.3. The third-order valence-corrected chi connectivity index (χ3v) is 4.59. The molecule has 0 N–H and O–H groups in total. The molecule has 0 saturated heterocycles. The summed E-state index contributed by atoms with van der Waals surface area (Å²) in [7, 11) is 0. The minimum atomic E-state index is -4.93. The normalized spacial score (nSPS) is 22.0. The number of benzene rings is 2. The monoisotopic (exact) mass is 415 g/mol. The van der Waals surface area contributed by atoms with E-state index < -0.39 is 66.2 Å². The first kappa shape index (κ1) is 20.9. The van der Waals surface area contributed by atoms with Gasteiger partial charge >= 0.3 is 6.18 Å². The second-order valence-corrected chi connectivity index (χ2v) is 6.59. The Labute approximate surface area is 162 Å². The van der Waals surface area contributed by atoms with Crippen LogP contribution >= 0.6 is 0 Å². The summed E-state index contributed by atoms with van der Waals surface area (Å²) in [4.78, 5) is 16.2. The average Bonchev–Trinajstić information content (AvgIpc) is 2.69. The van der Waals surface area contributed by atoms with Gasteiger partial charge < -0.3 is 4.74 Å². The zero-order chi connectivity index (χ0) is 21.2. The Kier molecular flexibility index (Phi) is 5.68. The third-order valence-electron chi connectivity index (χ3n) is 4.59. The van der Waals surface area contributed by atoms with Gasteiger partial charge in [-0.15, -0.1) is 0 Å². The zero-order valence-electron chi connectivity index (χ0n) is 14.8. The minimum absolute atomic E-state index is 0.190. The van der Waals surface area contributed by atoms with Gasteiger partial charge in [-0.1, -0.05) is 42.5 Å². The van der Waals surface area contributed by atoms with Crippen LogP contribution in [0.25, 0.3) is 0 Å². The van der Waals surface area contributed by atoms with Crippen LogP contribution in [-0.4, -0.2) is 30.6 Å². The Hall–Kier alpha value is -2.84. The van der Waals surface area contributed by atoms with Crippen LogP contribution in [0, 0.1) is 11.6 Å². The Bertz CT molecular complexity index is 928. The zero-order valence-corrected chi connectivity index (χ0v) is 14.8. The quantitative estimate of drug-likeness (QED) is 0.500. The highest BCUT2D eigenvalue weighted by Crippen LogP contribution is 2.42. The van der Waals surface area contributed by atoms with Gasteiger partial charge in [0.15, 0.2) is 29.4 Å². The molecule has 0 unspecified atom stereocenters. The van der Waals surface area contributed by atoms with Crippen LogP contribution in [0.1, 0.15) is 28.8 Å². The number of carbonyl (C=O) groups excluding carboxylic acids is 1. The summed E-state index contributed by atoms with van der Waals surface area (Å²) in [6.45, 7) is -1.54. The summed E-state index contributed by atoms with van der Waals surface area (Å²) in [5, 5.41) is 0. The highest BCUT2D eigenvalue weighted by atomic mass is 19.4. The molecule has 0 spiro atoms. The number of nitrogens with zero attached hydrogens (tertiary/aromatic N) is 1. The molecule has 0 bridgehead atoms. The van der Waals surface area contributed by atoms with Crippen molar-refractivity contribution in [2.24, 2.45) is 4.99 Å². The van der Waals surface area contributed by atoms with Crippen LogP contribution in [-0.2, 0) is 10.3 Å². The number of hydrogen-bond donors (Lipinski definition) is 0. The van der Waals surface area contributed by atoms with E-state index in [-0.39, 0.29) is 5.56 Å². The molecule has 0 radical (unpaired) electrons. The van der Waals surface area contributed by atoms with Crippen LogP contribution < -0.4 is 0 Å². The number of ketones is 1. The van der Waals surface area contributed by atoms with Gasteiger partial charge in [0.1, 0.15) is 12.2 Å². The number of rotatable bonds is 5. The Balaban J connectivity index is 2.05. The van der Waals surface area contributed by atoms with Crippen molar-refractivity contribution in [3.05, 3.63) is 71.3 Å². The van der Waals surface area contributed by atoms with E-state index in [1.807, 2.05) is 0 Å². The summed E-state index contributed by atoms with van der Waals surface area (Å²) in [6.07, 6.45) is -9.23. The first-order chi connectivity index (χ1) is 13.7. The number of carbonyl (C=O) groups is 1. The highest BCUT2D eigenvalue weighted by molar-refractivity contribution is 6.07. The van der Waals surface area contributed by atoms with E-state index in [9.17, 15) is 31.1 Å². The number of ether oxygens (including phenoxy) is 1. The molecule has 2 aromatic carbocycles. The van der Waals surface area contributed by atoms with Crippen molar-refractivity contribution in [3.8, 4) is 0 Å². The van der Waals surface area contributed by atoms with Crippen molar-refractivity contribution in [1.82, 2.24) is 0 Å². The van der Waals surface area contributed by atoms with E-state index in [2.05, 4.69) is 4.99 Å². The van der Waals surface area contributed by atoms with E-state index in [1.165, 1.54) is 12.1 Å². The molecule has 9 heteroatoms. The number of hydrogen-bond acceptors (Lipinski definition) is 3. The predicted molar refractivity (Wildman–Crippen MR) is 92.4 cm³/mol. The lowest BCUT2D eigenvalue weighted by Crippen LogP contribution is -2.46. The minimum Gasteiger partial charge on any atom is -0.468 e. The van der Waals surface area contributed by atoms with Crippen molar-refractivity contribution in [1.29, 1.82) is 0 Å². The maximum absolute atomic E-state index is 14.3. The molecule has 1 aliphatic heterocycles. The van der Waals surface area contributed by atoms with Gasteiger partial charge in [0.25, 0.3) is 0 Å². The second-order valence-electron chi connectivity index (χ2n) is 6.59. The summed E-state index contributed by atoms with van der Waals surface area (Å²) in [5.74, 6) is -4.14. The van der Waals surface area contributed by atoms with Crippen LogP contribution in [0.15, 0.2) is 53.5 Å². The molecule has 3 rings (SSSR count). The van der Waals surface area contributed by atoms with Crippen LogP contribution in [0.3, 0.4) is 0 Å². The van der Waals surface area contributed by atoms with Crippen LogP contribution in [0.2, 0.25) is 0 Å². The molecule has 2 aromatic rings. The molecule has 154 valence electrons. The van der Waals surface area contributed by atoms with Gasteiger partial charge in [-0.3, -0.25) is 4.79 Å². The third kappa shape index (κ3) is 4.28. The maximum Gasteiger partial charge on any atom is 0.425 e. The molecular formula is C20H15F6NO2. The molecule has 29 heavy (non-hydrogen) atoms. The Morgan fingerprint density at radius 1 is 1.10 bits per heavy atom. The van der Waals surface area contributed by atoms with Gasteiger partial charge in [-0.05, 0) is 6.07 Å². The molecule has 3 nitrogen and oxygen atoms in total. The average molecular weight is 415 g/mol.